The number of halogens is 1. The van der Waals surface area contributed by atoms with Crippen LogP contribution in [0, 0.1) is 0 Å². The van der Waals surface area contributed by atoms with Gasteiger partial charge in [-0.3, -0.25) is 10.1 Å². The molecule has 0 fully saturated rings. The molecule has 1 aromatic carbocycles. The molecule has 0 spiro atoms. The Labute approximate surface area is 123 Å². The van der Waals surface area contributed by atoms with Gasteiger partial charge in [0.2, 0.25) is 5.91 Å². The van der Waals surface area contributed by atoms with E-state index in [0.29, 0.717) is 5.02 Å². The smallest absolute Gasteiger partial charge is 0.414 e. The molecule has 0 aliphatic heterocycles. The van der Waals surface area contributed by atoms with Gasteiger partial charge in [0.15, 0.2) is 0 Å². The average Bonchev–Trinajstić information content (AvgIpc) is 2.25. The van der Waals surface area contributed by atoms with Crippen LogP contribution >= 0.6 is 11.6 Å². The maximum Gasteiger partial charge on any atom is 0.414 e. The number of hydrogen-bond acceptors (Lipinski definition) is 4. The largest absolute Gasteiger partial charge is 0.444 e. The van der Waals surface area contributed by atoms with Crippen LogP contribution in [0.2, 0.25) is 5.02 Å². The molecular weight excluding hydrogens is 280 g/mol. The van der Waals surface area contributed by atoms with Crippen LogP contribution in [0.4, 0.5) is 4.79 Å². The van der Waals surface area contributed by atoms with Crippen molar-refractivity contribution in [1.29, 1.82) is 0 Å². The standard InChI is InChI=1S/C14H19ClN2O3/c1-14(2,3)20-13(19)17-12(18)11(16)8-9-5-4-6-10(15)7-9/h4-7,11H,8,16H2,1-3H3,(H,17,18,19)/t11-/m0/s1. The van der Waals surface area contributed by atoms with Crippen LogP contribution in [-0.4, -0.2) is 23.6 Å². The lowest BCUT2D eigenvalue weighted by molar-refractivity contribution is -0.121. The van der Waals surface area contributed by atoms with Gasteiger partial charge < -0.3 is 10.5 Å². The summed E-state index contributed by atoms with van der Waals surface area (Å²) in [7, 11) is 0. The van der Waals surface area contributed by atoms with E-state index in [4.69, 9.17) is 22.1 Å². The van der Waals surface area contributed by atoms with Gasteiger partial charge >= 0.3 is 6.09 Å². The van der Waals surface area contributed by atoms with Gasteiger partial charge in [-0.2, -0.15) is 0 Å². The summed E-state index contributed by atoms with van der Waals surface area (Å²) in [6, 6.07) is 6.20. The predicted octanol–water partition coefficient (Wildman–Crippen LogP) is 2.26. The normalized spacial score (nSPS) is 12.7. The van der Waals surface area contributed by atoms with E-state index in [1.54, 1.807) is 39.0 Å². The van der Waals surface area contributed by atoms with Crippen molar-refractivity contribution in [3.8, 4) is 0 Å². The van der Waals surface area contributed by atoms with E-state index in [1.807, 2.05) is 6.07 Å². The average molecular weight is 299 g/mol. The molecule has 0 aliphatic rings. The van der Waals surface area contributed by atoms with Gasteiger partial charge in [-0.05, 0) is 44.9 Å². The quantitative estimate of drug-likeness (QED) is 0.897. The molecule has 20 heavy (non-hydrogen) atoms. The highest BCUT2D eigenvalue weighted by molar-refractivity contribution is 6.30. The van der Waals surface area contributed by atoms with Crippen molar-refractivity contribution in [2.45, 2.75) is 38.8 Å². The lowest BCUT2D eigenvalue weighted by Crippen LogP contribution is -2.46. The Morgan fingerprint density at radius 2 is 2.05 bits per heavy atom. The Bertz CT molecular complexity index is 497. The molecule has 6 heteroatoms. The Balaban J connectivity index is 2.53. The number of amides is 2. The van der Waals surface area contributed by atoms with Crippen molar-refractivity contribution < 1.29 is 14.3 Å². The molecular formula is C14H19ClN2O3. The SMILES string of the molecule is CC(C)(C)OC(=O)NC(=O)[C@@H](N)Cc1cccc(Cl)c1. The molecule has 0 saturated heterocycles. The highest BCUT2D eigenvalue weighted by Gasteiger charge is 2.21. The van der Waals surface area contributed by atoms with Crippen molar-refractivity contribution >= 4 is 23.6 Å². The summed E-state index contributed by atoms with van der Waals surface area (Å²) < 4.78 is 4.98. The number of nitrogens with one attached hydrogen (secondary N) is 1. The first-order valence-corrected chi connectivity index (χ1v) is 6.59. The van der Waals surface area contributed by atoms with E-state index >= 15 is 0 Å². The number of imide groups is 1. The van der Waals surface area contributed by atoms with Gasteiger partial charge in [0, 0.05) is 5.02 Å². The van der Waals surface area contributed by atoms with Crippen molar-refractivity contribution in [3.63, 3.8) is 0 Å². The number of rotatable bonds is 3. The van der Waals surface area contributed by atoms with Gasteiger partial charge in [-0.15, -0.1) is 0 Å². The number of benzene rings is 1. The van der Waals surface area contributed by atoms with E-state index in [-0.39, 0.29) is 6.42 Å². The minimum absolute atomic E-state index is 0.287. The van der Waals surface area contributed by atoms with E-state index in [1.165, 1.54) is 0 Å². The monoisotopic (exact) mass is 298 g/mol. The van der Waals surface area contributed by atoms with Crippen LogP contribution in [0.3, 0.4) is 0 Å². The van der Waals surface area contributed by atoms with Crippen LogP contribution in [-0.2, 0) is 16.0 Å². The van der Waals surface area contributed by atoms with E-state index in [2.05, 4.69) is 5.32 Å². The maximum atomic E-state index is 11.8. The van der Waals surface area contributed by atoms with Gasteiger partial charge in [0.25, 0.3) is 0 Å². The molecule has 1 rings (SSSR count). The molecule has 0 heterocycles. The Morgan fingerprint density at radius 3 is 2.60 bits per heavy atom. The van der Waals surface area contributed by atoms with Gasteiger partial charge in [-0.25, -0.2) is 4.79 Å². The number of carbonyl (C=O) groups is 2. The minimum atomic E-state index is -0.846. The zero-order valence-electron chi connectivity index (χ0n) is 11.8. The fourth-order valence-corrected chi connectivity index (χ4v) is 1.72. The lowest BCUT2D eigenvalue weighted by atomic mass is 10.1. The summed E-state index contributed by atoms with van der Waals surface area (Å²) in [4.78, 5) is 23.2. The molecule has 0 bridgehead atoms. The van der Waals surface area contributed by atoms with Crippen molar-refractivity contribution in [2.75, 3.05) is 0 Å². The van der Waals surface area contributed by atoms with Crippen LogP contribution in [0.5, 0.6) is 0 Å². The predicted molar refractivity (Wildman–Crippen MR) is 77.5 cm³/mol. The number of nitrogens with two attached hydrogens (primary N) is 1. The van der Waals surface area contributed by atoms with Crippen molar-refractivity contribution in [3.05, 3.63) is 34.9 Å². The lowest BCUT2D eigenvalue weighted by Gasteiger charge is -2.20. The van der Waals surface area contributed by atoms with E-state index < -0.39 is 23.6 Å². The van der Waals surface area contributed by atoms with Crippen LogP contribution in [0.15, 0.2) is 24.3 Å². The molecule has 0 radical (unpaired) electrons. The molecule has 0 aliphatic carbocycles. The second kappa shape index (κ2) is 6.72. The first-order valence-electron chi connectivity index (χ1n) is 6.21. The second-order valence-corrected chi connectivity index (χ2v) is 5.87. The fraction of sp³-hybridized carbons (Fsp3) is 0.429. The molecule has 2 amide bonds. The zero-order valence-corrected chi connectivity index (χ0v) is 12.5. The first kappa shape index (κ1) is 16.5. The molecule has 1 aromatic rings. The number of ether oxygens (including phenoxy) is 1. The fourth-order valence-electron chi connectivity index (χ4n) is 1.51. The van der Waals surface area contributed by atoms with Crippen LogP contribution in [0.25, 0.3) is 0 Å². The molecule has 0 unspecified atom stereocenters. The highest BCUT2D eigenvalue weighted by Crippen LogP contribution is 2.12. The molecule has 1 atom stereocenters. The Kier molecular flexibility index (Phi) is 5.53. The second-order valence-electron chi connectivity index (χ2n) is 5.43. The van der Waals surface area contributed by atoms with Crippen molar-refractivity contribution in [2.24, 2.45) is 5.73 Å². The summed E-state index contributed by atoms with van der Waals surface area (Å²) in [6.07, 6.45) is -0.515. The van der Waals surface area contributed by atoms with Gasteiger partial charge in [0.05, 0.1) is 6.04 Å². The number of carbonyl (C=O) groups excluding carboxylic acids is 2. The van der Waals surface area contributed by atoms with Crippen LogP contribution in [0.1, 0.15) is 26.3 Å². The summed E-state index contributed by atoms with van der Waals surface area (Å²) in [6.45, 7) is 5.13. The molecule has 0 saturated carbocycles. The van der Waals surface area contributed by atoms with Crippen molar-refractivity contribution in [1.82, 2.24) is 5.32 Å². The minimum Gasteiger partial charge on any atom is -0.444 e. The third-order valence-electron chi connectivity index (χ3n) is 2.31. The first-order chi connectivity index (χ1) is 9.17. The summed E-state index contributed by atoms with van der Waals surface area (Å²) in [5, 5.41) is 2.68. The highest BCUT2D eigenvalue weighted by atomic mass is 35.5. The number of hydrogen-bond donors (Lipinski definition) is 2. The van der Waals surface area contributed by atoms with E-state index in [0.717, 1.165) is 5.56 Å². The third-order valence-corrected chi connectivity index (χ3v) is 2.54. The van der Waals surface area contributed by atoms with Gasteiger partial charge in [0.1, 0.15) is 5.60 Å². The maximum absolute atomic E-state index is 11.8. The molecule has 5 nitrogen and oxygen atoms in total. The van der Waals surface area contributed by atoms with Gasteiger partial charge in [-0.1, -0.05) is 23.7 Å². The number of alkyl carbamates (subject to hydrolysis) is 1. The zero-order chi connectivity index (χ0) is 15.3. The molecule has 3 N–H and O–H groups in total. The topological polar surface area (TPSA) is 81.4 Å². The third kappa shape index (κ3) is 6.04. The Morgan fingerprint density at radius 1 is 1.40 bits per heavy atom. The summed E-state index contributed by atoms with van der Waals surface area (Å²) in [5.74, 6) is -0.584. The molecule has 0 aromatic heterocycles. The molecule has 110 valence electrons. The Hall–Kier alpha value is -1.59. The summed E-state index contributed by atoms with van der Waals surface area (Å²) >= 11 is 5.85. The summed E-state index contributed by atoms with van der Waals surface area (Å²) in [5.41, 5.74) is 5.91. The van der Waals surface area contributed by atoms with Crippen LogP contribution < -0.4 is 11.1 Å². The van der Waals surface area contributed by atoms with E-state index in [9.17, 15) is 9.59 Å².